The molecule has 182 valence electrons. The molecule has 0 bridgehead atoms. The van der Waals surface area contributed by atoms with Crippen LogP contribution in [0.1, 0.15) is 59.9 Å². The van der Waals surface area contributed by atoms with E-state index in [0.29, 0.717) is 31.8 Å². The van der Waals surface area contributed by atoms with E-state index >= 15 is 0 Å². The zero-order chi connectivity index (χ0) is 23.8. The maximum Gasteiger partial charge on any atom is 0.126 e. The van der Waals surface area contributed by atoms with Gasteiger partial charge in [0.1, 0.15) is 30.5 Å². The van der Waals surface area contributed by atoms with Crippen molar-refractivity contribution in [1.82, 2.24) is 0 Å². The highest BCUT2D eigenvalue weighted by Gasteiger charge is 2.26. The second kappa shape index (κ2) is 9.58. The molecule has 1 heterocycles. The fourth-order valence-electron chi connectivity index (χ4n) is 5.32. The first-order valence-electron chi connectivity index (χ1n) is 13.1. The van der Waals surface area contributed by atoms with Crippen LogP contribution in [0, 0.1) is 6.92 Å². The van der Waals surface area contributed by atoms with Crippen LogP contribution in [0.25, 0.3) is 11.1 Å². The van der Waals surface area contributed by atoms with Crippen molar-refractivity contribution in [1.29, 1.82) is 0 Å². The molecule has 1 fully saturated rings. The SMILES string of the molecule is CC[C@@H]1COc2cc(OCc3cccc(-c4c(C)cc(OCCOC5CC5)c5c4CC5)c3)ccc21. The van der Waals surface area contributed by atoms with E-state index in [1.54, 1.807) is 0 Å². The van der Waals surface area contributed by atoms with Crippen LogP contribution < -0.4 is 14.2 Å². The molecule has 0 unspecified atom stereocenters. The molecule has 6 rings (SSSR count). The smallest absolute Gasteiger partial charge is 0.126 e. The highest BCUT2D eigenvalue weighted by atomic mass is 16.5. The van der Waals surface area contributed by atoms with Gasteiger partial charge >= 0.3 is 0 Å². The first-order chi connectivity index (χ1) is 17.2. The van der Waals surface area contributed by atoms with Crippen LogP contribution in [0.4, 0.5) is 0 Å². The van der Waals surface area contributed by atoms with E-state index in [1.165, 1.54) is 51.8 Å². The number of hydrogen-bond acceptors (Lipinski definition) is 4. The molecule has 0 N–H and O–H groups in total. The lowest BCUT2D eigenvalue weighted by Gasteiger charge is -2.28. The zero-order valence-electron chi connectivity index (χ0n) is 20.8. The van der Waals surface area contributed by atoms with Crippen molar-refractivity contribution in [2.45, 2.75) is 64.6 Å². The third-order valence-corrected chi connectivity index (χ3v) is 7.53. The van der Waals surface area contributed by atoms with Crippen molar-refractivity contribution in [2.75, 3.05) is 19.8 Å². The molecule has 0 radical (unpaired) electrons. The highest BCUT2D eigenvalue weighted by Crippen LogP contribution is 2.42. The summed E-state index contributed by atoms with van der Waals surface area (Å²) in [6, 6.07) is 17.2. The van der Waals surface area contributed by atoms with Crippen LogP contribution in [-0.4, -0.2) is 25.9 Å². The second-order valence-electron chi connectivity index (χ2n) is 10.0. The van der Waals surface area contributed by atoms with E-state index in [9.17, 15) is 0 Å². The first kappa shape index (κ1) is 22.5. The molecule has 0 spiro atoms. The fourth-order valence-corrected chi connectivity index (χ4v) is 5.32. The highest BCUT2D eigenvalue weighted by molar-refractivity contribution is 5.76. The lowest BCUT2D eigenvalue weighted by atomic mass is 9.79. The summed E-state index contributed by atoms with van der Waals surface area (Å²) in [5.41, 5.74) is 9.14. The topological polar surface area (TPSA) is 36.9 Å². The van der Waals surface area contributed by atoms with Gasteiger partial charge in [0.25, 0.3) is 0 Å². The van der Waals surface area contributed by atoms with Gasteiger partial charge in [-0.2, -0.15) is 0 Å². The Balaban J connectivity index is 1.15. The number of hydrogen-bond donors (Lipinski definition) is 0. The Labute approximate surface area is 208 Å². The molecule has 0 amide bonds. The number of aryl methyl sites for hydroxylation is 1. The summed E-state index contributed by atoms with van der Waals surface area (Å²) < 4.78 is 23.9. The third kappa shape index (κ3) is 4.64. The Hall–Kier alpha value is -2.98. The largest absolute Gasteiger partial charge is 0.493 e. The minimum absolute atomic E-state index is 0.478. The molecule has 3 aliphatic rings. The molecule has 35 heavy (non-hydrogen) atoms. The summed E-state index contributed by atoms with van der Waals surface area (Å²) in [4.78, 5) is 0. The van der Waals surface area contributed by atoms with Gasteiger partial charge in [0.15, 0.2) is 0 Å². The van der Waals surface area contributed by atoms with E-state index in [0.717, 1.165) is 43.1 Å². The van der Waals surface area contributed by atoms with Gasteiger partial charge in [-0.15, -0.1) is 0 Å². The van der Waals surface area contributed by atoms with Crippen molar-refractivity contribution in [3.05, 3.63) is 76.3 Å². The van der Waals surface area contributed by atoms with Crippen LogP contribution in [-0.2, 0) is 24.2 Å². The molecule has 0 saturated heterocycles. The number of fused-ring (bicyclic) bond motifs is 2. The molecule has 2 aliphatic carbocycles. The lowest BCUT2D eigenvalue weighted by molar-refractivity contribution is 0.0876. The molecule has 3 aromatic carbocycles. The standard InChI is InChI=1S/C31H34O4/c1-3-22-19-35-30-17-25(9-10-26(22)30)34-18-21-5-4-6-23(16-21)31-20(2)15-29(27-11-12-28(27)31)33-14-13-32-24-7-8-24/h4-6,9-10,15-17,22,24H,3,7-8,11-14,18-19H2,1-2H3/t22-/m1/s1. The third-order valence-electron chi connectivity index (χ3n) is 7.53. The Morgan fingerprint density at radius 1 is 0.943 bits per heavy atom. The Bertz CT molecular complexity index is 1230. The van der Waals surface area contributed by atoms with Gasteiger partial charge in [-0.25, -0.2) is 0 Å². The van der Waals surface area contributed by atoms with Gasteiger partial charge in [-0.3, -0.25) is 0 Å². The van der Waals surface area contributed by atoms with E-state index in [2.05, 4.69) is 56.3 Å². The molecule has 4 nitrogen and oxygen atoms in total. The van der Waals surface area contributed by atoms with E-state index in [1.807, 2.05) is 6.07 Å². The average molecular weight is 471 g/mol. The summed E-state index contributed by atoms with van der Waals surface area (Å²) in [5.74, 6) is 3.37. The van der Waals surface area contributed by atoms with Gasteiger partial charge in [0.05, 0.1) is 19.3 Å². The zero-order valence-corrected chi connectivity index (χ0v) is 20.8. The normalized spacial score (nSPS) is 17.8. The Morgan fingerprint density at radius 2 is 1.83 bits per heavy atom. The summed E-state index contributed by atoms with van der Waals surface area (Å²) in [7, 11) is 0. The molecule has 1 aliphatic heterocycles. The van der Waals surface area contributed by atoms with Crippen molar-refractivity contribution < 1.29 is 18.9 Å². The van der Waals surface area contributed by atoms with Gasteiger partial charge in [-0.05, 0) is 90.6 Å². The van der Waals surface area contributed by atoms with Crippen molar-refractivity contribution in [3.63, 3.8) is 0 Å². The Morgan fingerprint density at radius 3 is 2.63 bits per heavy atom. The van der Waals surface area contributed by atoms with Crippen LogP contribution in [0.3, 0.4) is 0 Å². The summed E-state index contributed by atoms with van der Waals surface area (Å²) in [6.45, 7) is 7.02. The summed E-state index contributed by atoms with van der Waals surface area (Å²) in [6.07, 6.45) is 6.18. The number of rotatable bonds is 10. The van der Waals surface area contributed by atoms with Gasteiger partial charge < -0.3 is 18.9 Å². The summed E-state index contributed by atoms with van der Waals surface area (Å²) >= 11 is 0. The number of benzene rings is 3. The molecular formula is C31H34O4. The molecule has 4 heteroatoms. The van der Waals surface area contributed by atoms with Crippen molar-refractivity contribution in [3.8, 4) is 28.4 Å². The van der Waals surface area contributed by atoms with Crippen LogP contribution in [0.2, 0.25) is 0 Å². The quantitative estimate of drug-likeness (QED) is 0.306. The molecular weight excluding hydrogens is 436 g/mol. The average Bonchev–Trinajstić information content (AvgIpc) is 3.59. The molecule has 0 aromatic heterocycles. The van der Waals surface area contributed by atoms with E-state index < -0.39 is 0 Å². The fraction of sp³-hybridized carbons (Fsp3) is 0.419. The van der Waals surface area contributed by atoms with Crippen LogP contribution >= 0.6 is 0 Å². The Kier molecular flexibility index (Phi) is 6.15. The lowest BCUT2D eigenvalue weighted by Crippen LogP contribution is -2.16. The van der Waals surface area contributed by atoms with Gasteiger partial charge in [0, 0.05) is 17.5 Å². The monoisotopic (exact) mass is 470 g/mol. The first-order valence-corrected chi connectivity index (χ1v) is 13.1. The van der Waals surface area contributed by atoms with Crippen molar-refractivity contribution >= 4 is 0 Å². The van der Waals surface area contributed by atoms with Crippen LogP contribution in [0.15, 0.2) is 48.5 Å². The maximum absolute atomic E-state index is 6.16. The van der Waals surface area contributed by atoms with Crippen LogP contribution in [0.5, 0.6) is 17.2 Å². The summed E-state index contributed by atoms with van der Waals surface area (Å²) in [5, 5.41) is 0. The molecule has 1 saturated carbocycles. The van der Waals surface area contributed by atoms with E-state index in [-0.39, 0.29) is 0 Å². The maximum atomic E-state index is 6.16. The predicted octanol–water partition coefficient (Wildman–Crippen LogP) is 6.78. The van der Waals surface area contributed by atoms with Gasteiger partial charge in [-0.1, -0.05) is 31.2 Å². The minimum atomic E-state index is 0.478. The number of ether oxygens (including phenoxy) is 4. The molecule has 1 atom stereocenters. The minimum Gasteiger partial charge on any atom is -0.493 e. The van der Waals surface area contributed by atoms with E-state index in [4.69, 9.17) is 18.9 Å². The second-order valence-corrected chi connectivity index (χ2v) is 10.0. The predicted molar refractivity (Wildman–Crippen MR) is 138 cm³/mol. The molecule has 3 aromatic rings. The van der Waals surface area contributed by atoms with Gasteiger partial charge in [0.2, 0.25) is 0 Å². The van der Waals surface area contributed by atoms with Crippen molar-refractivity contribution in [2.24, 2.45) is 0 Å².